The number of hydrogen-bond acceptors (Lipinski definition) is 5. The smallest absolute Gasteiger partial charge is 0.229 e. The van der Waals surface area contributed by atoms with Gasteiger partial charge in [0.1, 0.15) is 17.2 Å². The third-order valence-electron chi connectivity index (χ3n) is 6.37. The number of halogens is 1. The summed E-state index contributed by atoms with van der Waals surface area (Å²) in [5.41, 5.74) is 6.39. The number of benzene rings is 1. The fourth-order valence-corrected chi connectivity index (χ4v) is 4.29. The molecule has 1 amide bonds. The van der Waals surface area contributed by atoms with Gasteiger partial charge < -0.3 is 10.3 Å². The summed E-state index contributed by atoms with van der Waals surface area (Å²) in [4.78, 5) is 29.2. The molecule has 0 aliphatic heterocycles. The number of pyridine rings is 3. The second kappa shape index (κ2) is 8.88. The fraction of sp³-hybridized carbons (Fsp3) is 0.138. The summed E-state index contributed by atoms with van der Waals surface area (Å²) >= 11 is 0. The number of carbonyl (C=O) groups is 1. The summed E-state index contributed by atoms with van der Waals surface area (Å²) in [6, 6.07) is 14.2. The molecule has 0 spiro atoms. The first-order chi connectivity index (χ1) is 18.3. The summed E-state index contributed by atoms with van der Waals surface area (Å²) in [6.45, 7) is 5.58. The van der Waals surface area contributed by atoms with Crippen LogP contribution in [0.4, 0.5) is 10.1 Å². The van der Waals surface area contributed by atoms with Crippen molar-refractivity contribution in [3.05, 3.63) is 79.1 Å². The second-order valence-corrected chi connectivity index (χ2v) is 10.2. The molecule has 0 aliphatic rings. The first kappa shape index (κ1) is 23.5. The quantitative estimate of drug-likeness (QED) is 0.258. The van der Waals surface area contributed by atoms with Crippen LogP contribution in [0.25, 0.3) is 55.7 Å². The number of fused-ring (bicyclic) bond motifs is 2. The van der Waals surface area contributed by atoms with Crippen molar-refractivity contribution in [2.75, 3.05) is 5.32 Å². The summed E-state index contributed by atoms with van der Waals surface area (Å²) in [5, 5.41) is 12.2. The van der Waals surface area contributed by atoms with Crippen LogP contribution in [0.2, 0.25) is 0 Å². The molecule has 0 saturated carbocycles. The van der Waals surface area contributed by atoms with Gasteiger partial charge >= 0.3 is 0 Å². The molecule has 0 fully saturated rings. The predicted molar refractivity (Wildman–Crippen MR) is 146 cm³/mol. The number of amides is 1. The van der Waals surface area contributed by atoms with Gasteiger partial charge in [-0.1, -0.05) is 32.9 Å². The van der Waals surface area contributed by atoms with Crippen LogP contribution in [-0.2, 0) is 4.79 Å². The van der Waals surface area contributed by atoms with E-state index in [1.807, 2.05) is 45.0 Å². The van der Waals surface area contributed by atoms with Crippen LogP contribution in [0.3, 0.4) is 0 Å². The van der Waals surface area contributed by atoms with E-state index in [-0.39, 0.29) is 11.7 Å². The van der Waals surface area contributed by atoms with Crippen LogP contribution in [0.5, 0.6) is 0 Å². The van der Waals surface area contributed by atoms with Crippen LogP contribution < -0.4 is 5.32 Å². The molecule has 1 aromatic carbocycles. The largest absolute Gasteiger partial charge is 0.338 e. The Bertz CT molecular complexity index is 1810. The van der Waals surface area contributed by atoms with Crippen LogP contribution in [0.15, 0.2) is 73.3 Å². The Morgan fingerprint density at radius 3 is 2.45 bits per heavy atom. The van der Waals surface area contributed by atoms with Crippen molar-refractivity contribution in [2.45, 2.75) is 20.8 Å². The molecule has 0 radical (unpaired) electrons. The number of nitrogens with one attached hydrogen (secondary N) is 3. The van der Waals surface area contributed by atoms with E-state index < -0.39 is 5.41 Å². The average Bonchev–Trinajstić information content (AvgIpc) is 3.52. The number of aromatic amines is 2. The lowest BCUT2D eigenvalue weighted by molar-refractivity contribution is -0.123. The molecule has 0 atom stereocenters. The molecule has 5 heterocycles. The van der Waals surface area contributed by atoms with Crippen molar-refractivity contribution in [2.24, 2.45) is 5.41 Å². The van der Waals surface area contributed by atoms with Crippen LogP contribution in [-0.4, -0.2) is 36.0 Å². The Kier molecular flexibility index (Phi) is 5.48. The molecule has 38 heavy (non-hydrogen) atoms. The van der Waals surface area contributed by atoms with Crippen LogP contribution in [0, 0.1) is 11.2 Å². The molecule has 6 rings (SSSR count). The highest BCUT2D eigenvalue weighted by Gasteiger charge is 2.21. The van der Waals surface area contributed by atoms with Gasteiger partial charge in [-0.3, -0.25) is 14.9 Å². The highest BCUT2D eigenvalue weighted by Crippen LogP contribution is 2.34. The molecular formula is C29H24FN7O. The predicted octanol–water partition coefficient (Wildman–Crippen LogP) is 6.35. The van der Waals surface area contributed by atoms with E-state index in [1.54, 1.807) is 36.9 Å². The minimum Gasteiger partial charge on any atom is -0.338 e. The molecule has 8 nitrogen and oxygen atoms in total. The number of rotatable bonds is 4. The van der Waals surface area contributed by atoms with Crippen molar-refractivity contribution in [1.29, 1.82) is 0 Å². The number of aromatic nitrogens is 6. The van der Waals surface area contributed by atoms with E-state index in [4.69, 9.17) is 0 Å². The number of H-pyrrole nitrogens is 2. The molecule has 188 valence electrons. The van der Waals surface area contributed by atoms with E-state index in [1.165, 1.54) is 12.1 Å². The Hall–Kier alpha value is -4.92. The number of nitrogens with zero attached hydrogens (tertiary/aromatic N) is 4. The van der Waals surface area contributed by atoms with Gasteiger partial charge in [-0.2, -0.15) is 5.10 Å². The van der Waals surface area contributed by atoms with Gasteiger partial charge in [0.15, 0.2) is 5.65 Å². The third-order valence-corrected chi connectivity index (χ3v) is 6.37. The molecule has 5 aromatic heterocycles. The maximum Gasteiger partial charge on any atom is 0.229 e. The SMILES string of the molecule is CC(C)(C)C(=O)Nc1cncc(-c2cnc3[nH]nc(-c4cc5c(-c6ccc(F)cc6)ccnc5[nH]4)c3c2)c1. The van der Waals surface area contributed by atoms with Crippen LogP contribution >= 0.6 is 0 Å². The maximum absolute atomic E-state index is 13.5. The fourth-order valence-electron chi connectivity index (χ4n) is 4.29. The highest BCUT2D eigenvalue weighted by atomic mass is 19.1. The van der Waals surface area contributed by atoms with Gasteiger partial charge in [-0.25, -0.2) is 14.4 Å². The summed E-state index contributed by atoms with van der Waals surface area (Å²) in [7, 11) is 0. The van der Waals surface area contributed by atoms with E-state index in [0.717, 1.165) is 38.7 Å². The number of carbonyl (C=O) groups excluding carboxylic acids is 1. The molecule has 0 unspecified atom stereocenters. The van der Waals surface area contributed by atoms with E-state index >= 15 is 0 Å². The molecule has 3 N–H and O–H groups in total. The van der Waals surface area contributed by atoms with Crippen molar-refractivity contribution < 1.29 is 9.18 Å². The summed E-state index contributed by atoms with van der Waals surface area (Å²) in [6.07, 6.45) is 6.83. The first-order valence-electron chi connectivity index (χ1n) is 12.1. The van der Waals surface area contributed by atoms with E-state index in [9.17, 15) is 9.18 Å². The molecule has 6 aromatic rings. The van der Waals surface area contributed by atoms with Crippen molar-refractivity contribution in [3.63, 3.8) is 0 Å². The summed E-state index contributed by atoms with van der Waals surface area (Å²) < 4.78 is 13.5. The molecule has 0 saturated heterocycles. The maximum atomic E-state index is 13.5. The zero-order valence-electron chi connectivity index (χ0n) is 21.0. The highest BCUT2D eigenvalue weighted by molar-refractivity contribution is 6.00. The van der Waals surface area contributed by atoms with Gasteiger partial charge in [-0.15, -0.1) is 0 Å². The van der Waals surface area contributed by atoms with E-state index in [0.29, 0.717) is 22.7 Å². The van der Waals surface area contributed by atoms with Crippen molar-refractivity contribution in [1.82, 2.24) is 30.1 Å². The van der Waals surface area contributed by atoms with Crippen molar-refractivity contribution in [3.8, 4) is 33.6 Å². The summed E-state index contributed by atoms with van der Waals surface area (Å²) in [5.74, 6) is -0.369. The second-order valence-electron chi connectivity index (χ2n) is 10.2. The lowest BCUT2D eigenvalue weighted by atomic mass is 9.95. The minimum atomic E-state index is -0.521. The van der Waals surface area contributed by atoms with Crippen LogP contribution in [0.1, 0.15) is 20.8 Å². The normalized spacial score (nSPS) is 11.8. The molecule has 0 aliphatic carbocycles. The standard InChI is InChI=1S/C29H24FN7O/c1-29(2,3)28(38)34-20-10-17(13-31-15-20)18-11-23-25(36-37-27(23)33-14-18)24-12-22-21(8-9-32-26(22)35-24)16-4-6-19(30)7-5-16/h4-15H,1-3H3,(H,32,35)(H,34,38)(H,33,36,37). The monoisotopic (exact) mass is 505 g/mol. The lowest BCUT2D eigenvalue weighted by Gasteiger charge is -2.17. The lowest BCUT2D eigenvalue weighted by Crippen LogP contribution is -2.27. The van der Waals surface area contributed by atoms with Gasteiger partial charge in [0.05, 0.1) is 17.6 Å². The number of hydrogen-bond donors (Lipinski definition) is 3. The topological polar surface area (TPSA) is 112 Å². The first-order valence-corrected chi connectivity index (χ1v) is 12.1. The number of anilines is 1. The zero-order valence-corrected chi connectivity index (χ0v) is 21.0. The Balaban J connectivity index is 1.39. The van der Waals surface area contributed by atoms with Gasteiger partial charge in [-0.05, 0) is 47.5 Å². The van der Waals surface area contributed by atoms with Gasteiger partial charge in [0.2, 0.25) is 5.91 Å². The van der Waals surface area contributed by atoms with Gasteiger partial charge in [0, 0.05) is 45.9 Å². The molecule has 9 heteroatoms. The van der Waals surface area contributed by atoms with Crippen molar-refractivity contribution >= 4 is 33.7 Å². The van der Waals surface area contributed by atoms with E-state index in [2.05, 4.69) is 35.5 Å². The Morgan fingerprint density at radius 1 is 0.868 bits per heavy atom. The molecular weight excluding hydrogens is 481 g/mol. The zero-order chi connectivity index (χ0) is 26.4. The van der Waals surface area contributed by atoms with Gasteiger partial charge in [0.25, 0.3) is 0 Å². The minimum absolute atomic E-state index is 0.0884. The molecule has 0 bridgehead atoms. The average molecular weight is 506 g/mol. The Labute approximate surface area is 217 Å². The third kappa shape index (κ3) is 4.28. The Morgan fingerprint density at radius 2 is 1.66 bits per heavy atom.